The summed E-state index contributed by atoms with van der Waals surface area (Å²) in [6.45, 7) is 0. The maximum atomic E-state index is 13.6. The normalized spacial score (nSPS) is 13.5. The molecule has 2 aromatic rings. The molecular formula is C20H18F3N3O3S. The highest BCUT2D eigenvalue weighted by atomic mass is 32.2. The first kappa shape index (κ1) is 21.8. The Labute approximate surface area is 175 Å². The van der Waals surface area contributed by atoms with Crippen LogP contribution in [0.25, 0.3) is 11.3 Å². The maximum absolute atomic E-state index is 13.6. The first-order valence-corrected chi connectivity index (χ1v) is 9.92. The highest BCUT2D eigenvalue weighted by molar-refractivity contribution is 8.00. The Balaban J connectivity index is 2.02. The lowest BCUT2D eigenvalue weighted by molar-refractivity contribution is -0.138. The van der Waals surface area contributed by atoms with E-state index in [-0.39, 0.29) is 28.4 Å². The molecule has 0 atom stereocenters. The number of ether oxygens (including phenoxy) is 2. The highest BCUT2D eigenvalue weighted by Gasteiger charge is 2.36. The minimum Gasteiger partial charge on any atom is -0.493 e. The van der Waals surface area contributed by atoms with Crippen molar-refractivity contribution in [2.24, 2.45) is 0 Å². The molecule has 0 bridgehead atoms. The van der Waals surface area contributed by atoms with E-state index in [2.05, 4.69) is 10.3 Å². The molecule has 10 heteroatoms. The number of alkyl halides is 3. The van der Waals surface area contributed by atoms with Crippen molar-refractivity contribution in [1.29, 1.82) is 5.26 Å². The van der Waals surface area contributed by atoms with Crippen molar-refractivity contribution in [1.82, 2.24) is 10.3 Å². The molecule has 0 aliphatic heterocycles. The van der Waals surface area contributed by atoms with Crippen molar-refractivity contribution < 1.29 is 27.4 Å². The van der Waals surface area contributed by atoms with E-state index < -0.39 is 17.3 Å². The number of hydrogen-bond donors (Lipinski definition) is 1. The Hall–Kier alpha value is -2.93. The van der Waals surface area contributed by atoms with Crippen molar-refractivity contribution >= 4 is 17.7 Å². The van der Waals surface area contributed by atoms with Gasteiger partial charge in [0.1, 0.15) is 11.1 Å². The summed E-state index contributed by atoms with van der Waals surface area (Å²) in [6, 6.07) is 7.14. The molecule has 0 spiro atoms. The molecule has 1 aromatic carbocycles. The van der Waals surface area contributed by atoms with Gasteiger partial charge in [-0.05, 0) is 37.1 Å². The summed E-state index contributed by atoms with van der Waals surface area (Å²) in [5.41, 5.74) is -1.34. The predicted molar refractivity (Wildman–Crippen MR) is 104 cm³/mol. The Morgan fingerprint density at radius 3 is 2.53 bits per heavy atom. The van der Waals surface area contributed by atoms with Crippen molar-refractivity contribution in [3.63, 3.8) is 0 Å². The number of halogens is 3. The fourth-order valence-electron chi connectivity index (χ4n) is 2.73. The number of aromatic nitrogens is 1. The summed E-state index contributed by atoms with van der Waals surface area (Å²) >= 11 is 0.805. The van der Waals surface area contributed by atoms with Gasteiger partial charge in [0.05, 0.1) is 36.8 Å². The number of thioether (sulfide) groups is 1. The number of rotatable bonds is 7. The van der Waals surface area contributed by atoms with Gasteiger partial charge in [0, 0.05) is 11.6 Å². The van der Waals surface area contributed by atoms with Crippen LogP contribution in [0.15, 0.2) is 29.3 Å². The largest absolute Gasteiger partial charge is 0.493 e. The molecule has 1 saturated carbocycles. The van der Waals surface area contributed by atoms with Gasteiger partial charge < -0.3 is 14.8 Å². The Morgan fingerprint density at radius 1 is 1.27 bits per heavy atom. The van der Waals surface area contributed by atoms with Crippen LogP contribution >= 0.6 is 11.8 Å². The molecule has 1 fully saturated rings. The summed E-state index contributed by atoms with van der Waals surface area (Å²) in [5.74, 6) is 0.300. The molecule has 1 aliphatic rings. The monoisotopic (exact) mass is 437 g/mol. The van der Waals surface area contributed by atoms with Gasteiger partial charge >= 0.3 is 6.18 Å². The van der Waals surface area contributed by atoms with E-state index >= 15 is 0 Å². The first-order valence-electron chi connectivity index (χ1n) is 8.93. The minimum absolute atomic E-state index is 0.00683. The number of nitrogens with one attached hydrogen (secondary N) is 1. The summed E-state index contributed by atoms with van der Waals surface area (Å²) in [6.07, 6.45) is -2.97. The molecule has 30 heavy (non-hydrogen) atoms. The zero-order valence-electron chi connectivity index (χ0n) is 16.2. The zero-order valence-corrected chi connectivity index (χ0v) is 17.0. The molecule has 6 nitrogen and oxygen atoms in total. The summed E-state index contributed by atoms with van der Waals surface area (Å²) in [7, 11) is 2.86. The van der Waals surface area contributed by atoms with Crippen molar-refractivity contribution in [3.05, 3.63) is 35.4 Å². The van der Waals surface area contributed by atoms with Gasteiger partial charge in [-0.2, -0.15) is 18.4 Å². The SMILES string of the molecule is COc1ccc(-c2cc(C(F)(F)F)c(C#N)c(SCC(=O)NC3CC3)n2)cc1OC. The van der Waals surface area contributed by atoms with E-state index in [0.29, 0.717) is 17.1 Å². The van der Waals surface area contributed by atoms with Crippen LogP contribution in [-0.4, -0.2) is 36.9 Å². The topological polar surface area (TPSA) is 84.2 Å². The second-order valence-corrected chi connectivity index (χ2v) is 7.51. The average Bonchev–Trinajstić information content (AvgIpc) is 3.54. The molecule has 1 heterocycles. The predicted octanol–water partition coefficient (Wildman–Crippen LogP) is 4.03. The second-order valence-electron chi connectivity index (χ2n) is 6.54. The number of hydrogen-bond acceptors (Lipinski definition) is 6. The first-order chi connectivity index (χ1) is 14.3. The van der Waals surface area contributed by atoms with Crippen LogP contribution in [0.3, 0.4) is 0 Å². The van der Waals surface area contributed by atoms with Crippen LogP contribution in [0.4, 0.5) is 13.2 Å². The Kier molecular flexibility index (Phi) is 6.41. The van der Waals surface area contributed by atoms with Crippen LogP contribution in [-0.2, 0) is 11.0 Å². The quantitative estimate of drug-likeness (QED) is 0.659. The lowest BCUT2D eigenvalue weighted by atomic mass is 10.0. The van der Waals surface area contributed by atoms with Crippen LogP contribution in [0.1, 0.15) is 24.0 Å². The number of amides is 1. The van der Waals surface area contributed by atoms with Crippen molar-refractivity contribution in [3.8, 4) is 28.8 Å². The van der Waals surface area contributed by atoms with Crippen LogP contribution < -0.4 is 14.8 Å². The smallest absolute Gasteiger partial charge is 0.417 e. The molecule has 1 N–H and O–H groups in total. The fourth-order valence-corrected chi connectivity index (χ4v) is 3.55. The molecule has 158 valence electrons. The van der Waals surface area contributed by atoms with Crippen LogP contribution in [0.5, 0.6) is 11.5 Å². The van der Waals surface area contributed by atoms with Gasteiger partial charge in [0.25, 0.3) is 0 Å². The number of carbonyl (C=O) groups excluding carboxylic acids is 1. The second kappa shape index (κ2) is 8.83. The number of nitriles is 1. The van der Waals surface area contributed by atoms with E-state index in [1.54, 1.807) is 18.2 Å². The van der Waals surface area contributed by atoms with Crippen molar-refractivity contribution in [2.45, 2.75) is 30.1 Å². The van der Waals surface area contributed by atoms with E-state index in [9.17, 15) is 23.2 Å². The lowest BCUT2D eigenvalue weighted by Gasteiger charge is -2.15. The number of nitrogens with zero attached hydrogens (tertiary/aromatic N) is 2. The number of pyridine rings is 1. The molecule has 3 rings (SSSR count). The average molecular weight is 437 g/mol. The van der Waals surface area contributed by atoms with Gasteiger partial charge in [0.2, 0.25) is 5.91 Å². The van der Waals surface area contributed by atoms with Gasteiger partial charge in [-0.15, -0.1) is 0 Å². The number of methoxy groups -OCH3 is 2. The Bertz CT molecular complexity index is 1000. The third-order valence-electron chi connectivity index (χ3n) is 4.37. The van der Waals surface area contributed by atoms with Gasteiger partial charge in [-0.25, -0.2) is 4.98 Å². The van der Waals surface area contributed by atoms with E-state index in [1.165, 1.54) is 20.3 Å². The van der Waals surface area contributed by atoms with Crippen LogP contribution in [0.2, 0.25) is 0 Å². The van der Waals surface area contributed by atoms with Crippen molar-refractivity contribution in [2.75, 3.05) is 20.0 Å². The third-order valence-corrected chi connectivity index (χ3v) is 5.34. The summed E-state index contributed by atoms with van der Waals surface area (Å²) in [4.78, 5) is 16.2. The van der Waals surface area contributed by atoms with Gasteiger partial charge in [-0.1, -0.05) is 11.8 Å². The zero-order chi connectivity index (χ0) is 21.9. The fraction of sp³-hybridized carbons (Fsp3) is 0.350. The van der Waals surface area contributed by atoms with E-state index in [4.69, 9.17) is 9.47 Å². The highest BCUT2D eigenvalue weighted by Crippen LogP contribution is 2.39. The molecular weight excluding hydrogens is 419 g/mol. The van der Waals surface area contributed by atoms with E-state index in [0.717, 1.165) is 30.7 Å². The Morgan fingerprint density at radius 2 is 1.97 bits per heavy atom. The molecule has 0 radical (unpaired) electrons. The molecule has 1 amide bonds. The van der Waals surface area contributed by atoms with Gasteiger partial charge in [-0.3, -0.25) is 4.79 Å². The molecule has 0 saturated heterocycles. The summed E-state index contributed by atoms with van der Waals surface area (Å²) in [5, 5.41) is 12.0. The number of carbonyl (C=O) groups is 1. The number of benzene rings is 1. The standard InChI is InChI=1S/C20H18F3N3O3S/c1-28-16-6-3-11(7-17(16)29-2)15-8-14(20(21,22)23)13(9-24)19(26-15)30-10-18(27)25-12-4-5-12/h3,6-8,12H,4-5,10H2,1-2H3,(H,25,27). The van der Waals surface area contributed by atoms with E-state index in [1.807, 2.05) is 0 Å². The maximum Gasteiger partial charge on any atom is 0.417 e. The third kappa shape index (κ3) is 4.97. The molecule has 1 aromatic heterocycles. The van der Waals surface area contributed by atoms with Crippen LogP contribution in [0, 0.1) is 11.3 Å². The molecule has 0 unspecified atom stereocenters. The molecule has 1 aliphatic carbocycles. The minimum atomic E-state index is -4.76. The lowest BCUT2D eigenvalue weighted by Crippen LogP contribution is -2.27. The van der Waals surface area contributed by atoms with Gasteiger partial charge in [0.15, 0.2) is 11.5 Å². The summed E-state index contributed by atoms with van der Waals surface area (Å²) < 4.78 is 51.3.